The molecule has 58 valence electrons. The molecule has 0 saturated heterocycles. The fourth-order valence-corrected chi connectivity index (χ4v) is 0.840. The molecule has 5 heteroatoms. The summed E-state index contributed by atoms with van der Waals surface area (Å²) in [7, 11) is 10.4. The van der Waals surface area contributed by atoms with E-state index < -0.39 is 11.7 Å². The molecule has 0 fully saturated rings. The lowest BCUT2D eigenvalue weighted by atomic mass is 9.85. The highest BCUT2D eigenvalue weighted by Crippen LogP contribution is 2.27. The second-order valence-corrected chi connectivity index (χ2v) is 2.39. The predicted molar refractivity (Wildman–Crippen MR) is 42.2 cm³/mol. The van der Waals surface area contributed by atoms with E-state index in [9.17, 15) is 13.2 Å². The summed E-state index contributed by atoms with van der Waals surface area (Å²) < 4.78 is 36.1. The third kappa shape index (κ3) is 2.06. The third-order valence-electron chi connectivity index (χ3n) is 1.30. The highest BCUT2D eigenvalue weighted by atomic mass is 19.4. The Kier molecular flexibility index (Phi) is 2.22. The summed E-state index contributed by atoms with van der Waals surface area (Å²) in [6.07, 6.45) is -4.39. The van der Waals surface area contributed by atoms with Crippen LogP contribution in [0.1, 0.15) is 5.56 Å². The lowest BCUT2D eigenvalue weighted by molar-refractivity contribution is -0.137. The van der Waals surface area contributed by atoms with E-state index in [1.807, 2.05) is 0 Å². The molecule has 0 nitrogen and oxygen atoms in total. The zero-order valence-electron chi connectivity index (χ0n) is 6.02. The van der Waals surface area contributed by atoms with Crippen LogP contribution < -0.4 is 10.9 Å². The van der Waals surface area contributed by atoms with E-state index in [0.717, 1.165) is 12.1 Å². The fourth-order valence-electron chi connectivity index (χ4n) is 0.840. The smallest absolute Gasteiger partial charge is 0.166 e. The molecule has 4 radical (unpaired) electrons. The summed E-state index contributed by atoms with van der Waals surface area (Å²) in [5, 5.41) is 0. The van der Waals surface area contributed by atoms with E-state index in [2.05, 4.69) is 0 Å². The van der Waals surface area contributed by atoms with Gasteiger partial charge in [0.1, 0.15) is 15.7 Å². The average molecular weight is 166 g/mol. The SMILES string of the molecule is [B]c1cc([B])cc(C(F)(F)F)c1. The molecule has 0 bridgehead atoms. The van der Waals surface area contributed by atoms with E-state index in [4.69, 9.17) is 15.7 Å². The Morgan fingerprint density at radius 1 is 0.917 bits per heavy atom. The van der Waals surface area contributed by atoms with E-state index in [-0.39, 0.29) is 10.9 Å². The van der Waals surface area contributed by atoms with Gasteiger partial charge in [0.05, 0.1) is 5.56 Å². The molecule has 0 atom stereocenters. The number of rotatable bonds is 0. The van der Waals surface area contributed by atoms with E-state index in [1.165, 1.54) is 6.07 Å². The Morgan fingerprint density at radius 2 is 1.33 bits per heavy atom. The number of alkyl halides is 3. The van der Waals surface area contributed by atoms with Crippen LogP contribution in [0.2, 0.25) is 0 Å². The third-order valence-corrected chi connectivity index (χ3v) is 1.30. The van der Waals surface area contributed by atoms with Crippen molar-refractivity contribution in [2.75, 3.05) is 0 Å². The van der Waals surface area contributed by atoms with Gasteiger partial charge in [-0.05, 0) is 0 Å². The van der Waals surface area contributed by atoms with Crippen LogP contribution in [0.25, 0.3) is 0 Å². The molecule has 0 aliphatic rings. The van der Waals surface area contributed by atoms with Gasteiger partial charge in [0.25, 0.3) is 0 Å². The second kappa shape index (κ2) is 2.88. The maximum atomic E-state index is 12.0. The van der Waals surface area contributed by atoms with Gasteiger partial charge >= 0.3 is 6.18 Å². The largest absolute Gasteiger partial charge is 0.416 e. The summed E-state index contributed by atoms with van der Waals surface area (Å²) in [6, 6.07) is 2.96. The van der Waals surface area contributed by atoms with Gasteiger partial charge < -0.3 is 0 Å². The normalized spacial score (nSPS) is 11.6. The Labute approximate surface area is 70.6 Å². The molecule has 0 aliphatic carbocycles. The van der Waals surface area contributed by atoms with Gasteiger partial charge in [-0.15, -0.1) is 0 Å². The molecule has 1 rings (SSSR count). The van der Waals surface area contributed by atoms with Crippen LogP contribution in [0.4, 0.5) is 13.2 Å². The van der Waals surface area contributed by atoms with Crippen LogP contribution in [0.15, 0.2) is 18.2 Å². The Morgan fingerprint density at radius 3 is 1.67 bits per heavy atom. The monoisotopic (exact) mass is 166 g/mol. The van der Waals surface area contributed by atoms with Crippen molar-refractivity contribution in [2.24, 2.45) is 0 Å². The van der Waals surface area contributed by atoms with Crippen molar-refractivity contribution in [3.63, 3.8) is 0 Å². The summed E-state index contributed by atoms with van der Waals surface area (Å²) >= 11 is 0. The second-order valence-electron chi connectivity index (χ2n) is 2.39. The van der Waals surface area contributed by atoms with Crippen molar-refractivity contribution < 1.29 is 13.2 Å². The lowest BCUT2D eigenvalue weighted by Gasteiger charge is -2.08. The average Bonchev–Trinajstić information content (AvgIpc) is 1.82. The van der Waals surface area contributed by atoms with Crippen LogP contribution in [-0.4, -0.2) is 15.7 Å². The molecule has 1 aromatic carbocycles. The fraction of sp³-hybridized carbons (Fsp3) is 0.143. The highest BCUT2D eigenvalue weighted by Gasteiger charge is 2.30. The molecule has 0 saturated carbocycles. The number of hydrogen-bond donors (Lipinski definition) is 0. The topological polar surface area (TPSA) is 0 Å². The molecular weight excluding hydrogens is 163 g/mol. The standard InChI is InChI=1S/C7H3B2F3/c8-5-1-4(7(10,11)12)2-6(9)3-5/h1-3H. The summed E-state index contributed by atoms with van der Waals surface area (Å²) in [5.74, 6) is 0. The first-order valence-corrected chi connectivity index (χ1v) is 3.13. The summed E-state index contributed by atoms with van der Waals surface area (Å²) in [4.78, 5) is 0. The van der Waals surface area contributed by atoms with Gasteiger partial charge in [-0.1, -0.05) is 29.1 Å². The van der Waals surface area contributed by atoms with Crippen molar-refractivity contribution in [3.05, 3.63) is 23.8 Å². The molecule has 0 aromatic heterocycles. The van der Waals surface area contributed by atoms with Crippen molar-refractivity contribution in [2.45, 2.75) is 6.18 Å². The van der Waals surface area contributed by atoms with Gasteiger partial charge in [0, 0.05) is 0 Å². The van der Waals surface area contributed by atoms with E-state index in [0.29, 0.717) is 0 Å². The molecule has 0 N–H and O–H groups in total. The van der Waals surface area contributed by atoms with Crippen molar-refractivity contribution in [1.82, 2.24) is 0 Å². The molecule has 0 unspecified atom stereocenters. The summed E-state index contributed by atoms with van der Waals surface area (Å²) in [6.45, 7) is 0. The first-order valence-electron chi connectivity index (χ1n) is 3.13. The Hall–Kier alpha value is -0.860. The van der Waals surface area contributed by atoms with E-state index >= 15 is 0 Å². The Bertz CT molecular complexity index is 273. The van der Waals surface area contributed by atoms with Crippen LogP contribution >= 0.6 is 0 Å². The molecular formula is C7H3B2F3. The van der Waals surface area contributed by atoms with Crippen LogP contribution in [0.5, 0.6) is 0 Å². The maximum absolute atomic E-state index is 12.0. The molecule has 0 spiro atoms. The van der Waals surface area contributed by atoms with Crippen LogP contribution in [0, 0.1) is 0 Å². The summed E-state index contributed by atoms with van der Waals surface area (Å²) in [5.41, 5.74) is -0.787. The minimum atomic E-state index is -4.39. The molecule has 1 aromatic rings. The van der Waals surface area contributed by atoms with Gasteiger partial charge in [0.15, 0.2) is 0 Å². The minimum absolute atomic E-state index is 0.0160. The first kappa shape index (κ1) is 9.23. The Balaban J connectivity index is 3.18. The van der Waals surface area contributed by atoms with Crippen molar-refractivity contribution in [1.29, 1.82) is 0 Å². The molecule has 0 heterocycles. The van der Waals surface area contributed by atoms with Gasteiger partial charge in [-0.2, -0.15) is 13.2 Å². The highest BCUT2D eigenvalue weighted by molar-refractivity contribution is 6.37. The predicted octanol–water partition coefficient (Wildman–Crippen LogP) is 0.293. The number of hydrogen-bond acceptors (Lipinski definition) is 0. The van der Waals surface area contributed by atoms with Gasteiger partial charge in [0.2, 0.25) is 0 Å². The van der Waals surface area contributed by atoms with Crippen LogP contribution in [0.3, 0.4) is 0 Å². The van der Waals surface area contributed by atoms with Crippen molar-refractivity contribution in [3.8, 4) is 0 Å². The van der Waals surface area contributed by atoms with Crippen molar-refractivity contribution >= 4 is 26.6 Å². The first-order chi connectivity index (χ1) is 5.39. The molecule has 0 aliphatic heterocycles. The van der Waals surface area contributed by atoms with Gasteiger partial charge in [-0.25, -0.2) is 0 Å². The van der Waals surface area contributed by atoms with Gasteiger partial charge in [-0.3, -0.25) is 0 Å². The molecule has 0 amide bonds. The maximum Gasteiger partial charge on any atom is 0.416 e. The zero-order valence-corrected chi connectivity index (χ0v) is 6.02. The quantitative estimate of drug-likeness (QED) is 0.485. The molecule has 12 heavy (non-hydrogen) atoms. The number of halogens is 3. The zero-order chi connectivity index (χ0) is 9.35. The van der Waals surface area contributed by atoms with Crippen LogP contribution in [-0.2, 0) is 6.18 Å². The minimum Gasteiger partial charge on any atom is -0.166 e. The van der Waals surface area contributed by atoms with E-state index in [1.54, 1.807) is 0 Å². The number of benzene rings is 1. The lowest BCUT2D eigenvalue weighted by Crippen LogP contribution is -2.19.